The Morgan fingerprint density at radius 3 is 2.81 bits per heavy atom. The molecule has 1 aromatic heterocycles. The summed E-state index contributed by atoms with van der Waals surface area (Å²) in [6.45, 7) is 4.12. The third kappa shape index (κ3) is 2.84. The van der Waals surface area contributed by atoms with E-state index >= 15 is 0 Å². The molecule has 1 fully saturated rings. The zero-order chi connectivity index (χ0) is 15.0. The molecule has 1 N–H and O–H groups in total. The Labute approximate surface area is 123 Å². The third-order valence-corrected chi connectivity index (χ3v) is 4.15. The van der Waals surface area contributed by atoms with Crippen LogP contribution in [0.2, 0.25) is 0 Å². The van der Waals surface area contributed by atoms with Crippen LogP contribution < -0.4 is 4.74 Å². The summed E-state index contributed by atoms with van der Waals surface area (Å²) in [5.41, 5.74) is 0.908. The number of hydrogen-bond acceptors (Lipinski definition) is 3. The van der Waals surface area contributed by atoms with Crippen LogP contribution in [0.5, 0.6) is 5.88 Å². The van der Waals surface area contributed by atoms with Crippen LogP contribution in [0.4, 0.5) is 0 Å². The molecule has 0 spiro atoms. The molecule has 4 heteroatoms. The molecule has 1 saturated carbocycles. The minimum absolute atomic E-state index is 0.00498. The molecule has 0 bridgehead atoms. The maximum absolute atomic E-state index is 12.2. The van der Waals surface area contributed by atoms with Crippen molar-refractivity contribution in [1.29, 1.82) is 0 Å². The van der Waals surface area contributed by atoms with Gasteiger partial charge in [0.1, 0.15) is 11.7 Å². The highest BCUT2D eigenvalue weighted by molar-refractivity contribution is 6.00. The van der Waals surface area contributed by atoms with Crippen LogP contribution in [0.15, 0.2) is 30.3 Å². The molecule has 1 aliphatic rings. The van der Waals surface area contributed by atoms with Gasteiger partial charge in [-0.15, -0.1) is 0 Å². The van der Waals surface area contributed by atoms with Gasteiger partial charge < -0.3 is 9.72 Å². The highest BCUT2D eigenvalue weighted by Crippen LogP contribution is 2.36. The van der Waals surface area contributed by atoms with Gasteiger partial charge in [-0.2, -0.15) is 0 Å². The number of fused-ring (bicyclic) bond motifs is 1. The van der Waals surface area contributed by atoms with Gasteiger partial charge in [-0.25, -0.2) is 0 Å². The molecular formula is C17H19NO3. The van der Waals surface area contributed by atoms with E-state index in [2.05, 4.69) is 18.8 Å². The average molecular weight is 285 g/mol. The van der Waals surface area contributed by atoms with Crippen LogP contribution in [-0.2, 0) is 9.59 Å². The Kier molecular flexibility index (Phi) is 3.32. The van der Waals surface area contributed by atoms with Gasteiger partial charge in [-0.05, 0) is 24.3 Å². The fourth-order valence-corrected chi connectivity index (χ4v) is 2.91. The van der Waals surface area contributed by atoms with Crippen molar-refractivity contribution >= 4 is 22.7 Å². The van der Waals surface area contributed by atoms with Crippen molar-refractivity contribution in [3.8, 4) is 5.88 Å². The van der Waals surface area contributed by atoms with Gasteiger partial charge in [0, 0.05) is 23.4 Å². The quantitative estimate of drug-likeness (QED) is 0.679. The van der Waals surface area contributed by atoms with E-state index in [0.717, 1.165) is 17.3 Å². The number of benzene rings is 1. The molecule has 21 heavy (non-hydrogen) atoms. The van der Waals surface area contributed by atoms with Gasteiger partial charge in [-0.1, -0.05) is 32.0 Å². The summed E-state index contributed by atoms with van der Waals surface area (Å²) in [4.78, 5) is 27.3. The first-order valence-electron chi connectivity index (χ1n) is 7.27. The monoisotopic (exact) mass is 285 g/mol. The lowest BCUT2D eigenvalue weighted by atomic mass is 9.72. The zero-order valence-corrected chi connectivity index (χ0v) is 12.3. The molecule has 1 atom stereocenters. The van der Waals surface area contributed by atoms with E-state index in [-0.39, 0.29) is 11.2 Å². The first-order chi connectivity index (χ1) is 9.94. The number of para-hydroxylation sites is 1. The molecule has 110 valence electrons. The van der Waals surface area contributed by atoms with Gasteiger partial charge >= 0.3 is 5.97 Å². The molecule has 1 heterocycles. The number of hydrogen-bond donors (Lipinski definition) is 1. The Morgan fingerprint density at radius 1 is 1.33 bits per heavy atom. The van der Waals surface area contributed by atoms with Crippen molar-refractivity contribution in [1.82, 2.24) is 4.98 Å². The van der Waals surface area contributed by atoms with Crippen molar-refractivity contribution in [3.05, 3.63) is 30.3 Å². The second-order valence-corrected chi connectivity index (χ2v) is 6.54. The minimum atomic E-state index is -0.621. The second kappa shape index (κ2) is 5.02. The van der Waals surface area contributed by atoms with E-state index in [4.69, 9.17) is 4.74 Å². The van der Waals surface area contributed by atoms with Crippen LogP contribution in [-0.4, -0.2) is 16.7 Å². The maximum Gasteiger partial charge on any atom is 0.323 e. The minimum Gasteiger partial charge on any atom is -0.409 e. The summed E-state index contributed by atoms with van der Waals surface area (Å²) in [6, 6.07) is 9.48. The number of nitrogens with one attached hydrogen (secondary N) is 1. The van der Waals surface area contributed by atoms with Crippen molar-refractivity contribution in [2.45, 2.75) is 33.1 Å². The molecule has 0 aliphatic heterocycles. The standard InChI is InChI=1S/C17H19NO3/c1-17(2)8-7-12(14(19)10-17)16(20)21-15-9-11-5-3-4-6-13(11)18-15/h3-6,9,12,18H,7-8,10H2,1-2H3. The van der Waals surface area contributed by atoms with E-state index in [1.54, 1.807) is 6.07 Å². The van der Waals surface area contributed by atoms with Crippen LogP contribution >= 0.6 is 0 Å². The first-order valence-corrected chi connectivity index (χ1v) is 7.27. The number of Topliss-reactive ketones (excluding diaryl/α,β-unsaturated/α-hetero) is 1. The number of H-pyrrole nitrogens is 1. The fraction of sp³-hybridized carbons (Fsp3) is 0.412. The van der Waals surface area contributed by atoms with Crippen molar-refractivity contribution in [2.75, 3.05) is 0 Å². The summed E-state index contributed by atoms with van der Waals surface area (Å²) >= 11 is 0. The van der Waals surface area contributed by atoms with Gasteiger partial charge in [0.2, 0.25) is 5.88 Å². The lowest BCUT2D eigenvalue weighted by molar-refractivity contribution is -0.147. The summed E-state index contributed by atoms with van der Waals surface area (Å²) in [5, 5.41) is 0.983. The second-order valence-electron chi connectivity index (χ2n) is 6.54. The molecule has 0 amide bonds. The Morgan fingerprint density at radius 2 is 2.10 bits per heavy atom. The predicted molar refractivity (Wildman–Crippen MR) is 80.1 cm³/mol. The van der Waals surface area contributed by atoms with Crippen molar-refractivity contribution in [2.24, 2.45) is 11.3 Å². The number of esters is 1. The highest BCUT2D eigenvalue weighted by atomic mass is 16.5. The normalized spacial score (nSPS) is 21.4. The van der Waals surface area contributed by atoms with Crippen LogP contribution in [0.25, 0.3) is 10.9 Å². The zero-order valence-electron chi connectivity index (χ0n) is 12.3. The Hall–Kier alpha value is -2.10. The van der Waals surface area contributed by atoms with Crippen LogP contribution in [0.3, 0.4) is 0 Å². The summed E-state index contributed by atoms with van der Waals surface area (Å²) in [6.07, 6.45) is 1.88. The summed E-state index contributed by atoms with van der Waals surface area (Å²) in [5.74, 6) is -0.669. The number of rotatable bonds is 2. The van der Waals surface area contributed by atoms with E-state index in [9.17, 15) is 9.59 Å². The van der Waals surface area contributed by atoms with Gasteiger partial charge in [0.15, 0.2) is 0 Å². The topological polar surface area (TPSA) is 59.2 Å². The number of aromatic amines is 1. The maximum atomic E-state index is 12.2. The van der Waals surface area contributed by atoms with Crippen molar-refractivity contribution < 1.29 is 14.3 Å². The molecule has 1 unspecified atom stereocenters. The van der Waals surface area contributed by atoms with Crippen LogP contribution in [0.1, 0.15) is 33.1 Å². The number of carbonyl (C=O) groups is 2. The van der Waals surface area contributed by atoms with E-state index in [1.165, 1.54) is 0 Å². The summed E-state index contributed by atoms with van der Waals surface area (Å²) < 4.78 is 5.36. The highest BCUT2D eigenvalue weighted by Gasteiger charge is 2.38. The smallest absolute Gasteiger partial charge is 0.323 e. The predicted octanol–water partition coefficient (Wildman–Crippen LogP) is 3.47. The van der Waals surface area contributed by atoms with E-state index < -0.39 is 11.9 Å². The molecule has 0 radical (unpaired) electrons. The molecule has 0 saturated heterocycles. The molecule has 4 nitrogen and oxygen atoms in total. The van der Waals surface area contributed by atoms with E-state index in [1.807, 2.05) is 24.3 Å². The van der Waals surface area contributed by atoms with Gasteiger partial charge in [0.05, 0.1) is 0 Å². The van der Waals surface area contributed by atoms with E-state index in [0.29, 0.717) is 18.7 Å². The molecule has 2 aromatic rings. The SMILES string of the molecule is CC1(C)CCC(C(=O)Oc2cc3ccccc3[nH]2)C(=O)C1. The van der Waals surface area contributed by atoms with Crippen molar-refractivity contribution in [3.63, 3.8) is 0 Å². The number of ketones is 1. The Bertz CT molecular complexity index is 666. The Balaban J connectivity index is 1.73. The number of aromatic nitrogens is 1. The lowest BCUT2D eigenvalue weighted by Crippen LogP contribution is -2.36. The fourth-order valence-electron chi connectivity index (χ4n) is 2.91. The van der Waals surface area contributed by atoms with Gasteiger partial charge in [-0.3, -0.25) is 9.59 Å². The average Bonchev–Trinajstić information content (AvgIpc) is 2.79. The number of carbonyl (C=O) groups excluding carboxylic acids is 2. The third-order valence-electron chi connectivity index (χ3n) is 4.15. The van der Waals surface area contributed by atoms with Gasteiger partial charge in [0.25, 0.3) is 0 Å². The first kappa shape index (κ1) is 13.9. The largest absolute Gasteiger partial charge is 0.409 e. The molecule has 3 rings (SSSR count). The lowest BCUT2D eigenvalue weighted by Gasteiger charge is -2.31. The molecular weight excluding hydrogens is 266 g/mol. The molecule has 1 aliphatic carbocycles. The molecule has 1 aromatic carbocycles. The number of ether oxygens (including phenoxy) is 1. The van der Waals surface area contributed by atoms with Crippen LogP contribution in [0, 0.1) is 11.3 Å². The summed E-state index contributed by atoms with van der Waals surface area (Å²) in [7, 11) is 0.